The van der Waals surface area contributed by atoms with Crippen molar-refractivity contribution in [3.05, 3.63) is 35.2 Å². The fourth-order valence-electron chi connectivity index (χ4n) is 3.76. The third kappa shape index (κ3) is 2.16. The van der Waals surface area contributed by atoms with Crippen LogP contribution in [0.2, 0.25) is 0 Å². The maximum absolute atomic E-state index is 2.50. The Hall–Kier alpha value is -1.71. The summed E-state index contributed by atoms with van der Waals surface area (Å²) in [5, 5.41) is 0. The molecular formula is C18H27BN3+. The first-order valence-corrected chi connectivity index (χ1v) is 8.53. The van der Waals surface area contributed by atoms with Crippen LogP contribution in [0.5, 0.6) is 0 Å². The Kier molecular flexibility index (Phi) is 4.03. The molecule has 0 N–H and O–H groups in total. The van der Waals surface area contributed by atoms with E-state index in [0.29, 0.717) is 0 Å². The molecule has 0 saturated carbocycles. The van der Waals surface area contributed by atoms with E-state index >= 15 is 0 Å². The Labute approximate surface area is 134 Å². The first-order valence-electron chi connectivity index (χ1n) is 8.53. The quantitative estimate of drug-likeness (QED) is 0.624. The molecule has 0 bridgehead atoms. The van der Waals surface area contributed by atoms with Gasteiger partial charge in [-0.15, -0.1) is 0 Å². The van der Waals surface area contributed by atoms with E-state index in [1.54, 1.807) is 0 Å². The Morgan fingerprint density at radius 2 is 1.95 bits per heavy atom. The van der Waals surface area contributed by atoms with Gasteiger partial charge < -0.3 is 4.81 Å². The first-order chi connectivity index (χ1) is 10.6. The predicted octanol–water partition coefficient (Wildman–Crippen LogP) is 2.89. The van der Waals surface area contributed by atoms with E-state index in [4.69, 9.17) is 0 Å². The monoisotopic (exact) mass is 296 g/mol. The van der Waals surface area contributed by atoms with Crippen molar-refractivity contribution >= 4 is 13.2 Å². The van der Waals surface area contributed by atoms with Gasteiger partial charge in [0.1, 0.15) is 11.4 Å². The highest BCUT2D eigenvalue weighted by atomic mass is 15.2. The zero-order chi connectivity index (χ0) is 15.9. The third-order valence-electron chi connectivity index (χ3n) is 5.08. The zero-order valence-corrected chi connectivity index (χ0v) is 14.6. The van der Waals surface area contributed by atoms with E-state index in [-0.39, 0.29) is 0 Å². The highest BCUT2D eigenvalue weighted by Crippen LogP contribution is 2.36. The smallest absolute Gasteiger partial charge is 0.377 e. The van der Waals surface area contributed by atoms with Gasteiger partial charge in [0, 0.05) is 18.7 Å². The number of fused-ring (bicyclic) bond motifs is 3. The van der Waals surface area contributed by atoms with Crippen LogP contribution in [0.4, 0.5) is 5.69 Å². The molecule has 1 aliphatic rings. The summed E-state index contributed by atoms with van der Waals surface area (Å²) in [5.74, 6) is 1.38. The molecule has 2 heterocycles. The normalized spacial score (nSPS) is 12.9. The van der Waals surface area contributed by atoms with Crippen molar-refractivity contribution in [1.29, 1.82) is 0 Å². The number of aromatic nitrogens is 2. The molecule has 1 aliphatic heterocycles. The Balaban J connectivity index is 2.23. The second kappa shape index (κ2) is 5.83. The molecule has 1 aromatic heterocycles. The number of aryl methyl sites for hydroxylation is 1. The lowest BCUT2D eigenvalue weighted by atomic mass is 9.93. The van der Waals surface area contributed by atoms with Crippen molar-refractivity contribution in [3.63, 3.8) is 0 Å². The van der Waals surface area contributed by atoms with E-state index < -0.39 is 0 Å². The summed E-state index contributed by atoms with van der Waals surface area (Å²) in [6.07, 6.45) is 3.68. The van der Waals surface area contributed by atoms with E-state index in [1.165, 1.54) is 53.3 Å². The van der Waals surface area contributed by atoms with E-state index in [1.807, 2.05) is 0 Å². The molecule has 0 amide bonds. The van der Waals surface area contributed by atoms with Crippen LogP contribution in [-0.2, 0) is 13.5 Å². The lowest BCUT2D eigenvalue weighted by molar-refractivity contribution is -0.667. The molecule has 0 unspecified atom stereocenters. The highest BCUT2D eigenvalue weighted by molar-refractivity contribution is 6.42. The number of rotatable bonds is 4. The van der Waals surface area contributed by atoms with Crippen molar-refractivity contribution in [2.75, 3.05) is 11.4 Å². The molecule has 2 aromatic rings. The molecule has 0 aliphatic carbocycles. The fraction of sp³-hybridized carbons (Fsp3) is 0.500. The first kappa shape index (κ1) is 15.2. The number of imidazole rings is 1. The Bertz CT molecular complexity index is 703. The number of nitrogens with zero attached hydrogens (tertiary/aromatic N) is 3. The van der Waals surface area contributed by atoms with Gasteiger partial charge in [0.25, 0.3) is 5.82 Å². The van der Waals surface area contributed by atoms with Gasteiger partial charge in [-0.1, -0.05) is 25.5 Å². The van der Waals surface area contributed by atoms with Crippen LogP contribution in [0.25, 0.3) is 11.4 Å². The maximum Gasteiger partial charge on any atom is 0.483 e. The largest absolute Gasteiger partial charge is 0.483 e. The van der Waals surface area contributed by atoms with Gasteiger partial charge >= 0.3 is 7.55 Å². The summed E-state index contributed by atoms with van der Waals surface area (Å²) >= 11 is 0. The molecule has 0 radical (unpaired) electrons. The number of hydrogen-bond acceptors (Lipinski definition) is 1. The second-order valence-corrected chi connectivity index (χ2v) is 6.41. The number of benzene rings is 1. The summed E-state index contributed by atoms with van der Waals surface area (Å²) in [5.41, 5.74) is 7.07. The van der Waals surface area contributed by atoms with Gasteiger partial charge in [0.2, 0.25) is 0 Å². The minimum atomic E-state index is 0.966. The summed E-state index contributed by atoms with van der Waals surface area (Å²) in [6.45, 7) is 10.1. The SMILES string of the molecule is CCCCc1c(C)n2c([n+]1C)-c1c(C)cccc1N(CC)B2. The van der Waals surface area contributed by atoms with Gasteiger partial charge in [-0.2, -0.15) is 0 Å². The fourth-order valence-corrected chi connectivity index (χ4v) is 3.76. The minimum Gasteiger partial charge on any atom is -0.377 e. The average Bonchev–Trinajstić information content (AvgIpc) is 2.76. The molecule has 0 atom stereocenters. The lowest BCUT2D eigenvalue weighted by Gasteiger charge is -2.28. The zero-order valence-electron chi connectivity index (χ0n) is 14.6. The molecule has 0 fully saturated rings. The minimum absolute atomic E-state index is 0.966. The Morgan fingerprint density at radius 3 is 2.64 bits per heavy atom. The molecule has 0 saturated heterocycles. The number of hydrogen-bond donors (Lipinski definition) is 0. The molecule has 1 aromatic carbocycles. The van der Waals surface area contributed by atoms with Gasteiger partial charge in [-0.05, 0) is 38.8 Å². The average molecular weight is 296 g/mol. The Morgan fingerprint density at radius 1 is 1.18 bits per heavy atom. The van der Waals surface area contributed by atoms with Crippen LogP contribution in [0.15, 0.2) is 18.2 Å². The summed E-state index contributed by atoms with van der Waals surface area (Å²) < 4.78 is 4.94. The molecule has 4 heteroatoms. The molecule has 3 rings (SSSR count). The van der Waals surface area contributed by atoms with Crippen LogP contribution in [0.3, 0.4) is 0 Å². The van der Waals surface area contributed by atoms with Crippen LogP contribution >= 0.6 is 0 Å². The van der Waals surface area contributed by atoms with E-state index in [0.717, 1.165) is 14.1 Å². The molecule has 22 heavy (non-hydrogen) atoms. The molecular weight excluding hydrogens is 269 g/mol. The van der Waals surface area contributed by atoms with Crippen LogP contribution in [-0.4, -0.2) is 18.6 Å². The van der Waals surface area contributed by atoms with Crippen LogP contribution in [0.1, 0.15) is 43.6 Å². The van der Waals surface area contributed by atoms with Crippen molar-refractivity contribution in [2.24, 2.45) is 7.05 Å². The van der Waals surface area contributed by atoms with Crippen molar-refractivity contribution in [1.82, 2.24) is 4.48 Å². The van der Waals surface area contributed by atoms with E-state index in [9.17, 15) is 0 Å². The summed E-state index contributed by atoms with van der Waals surface area (Å²) in [4.78, 5) is 2.48. The molecule has 116 valence electrons. The van der Waals surface area contributed by atoms with Crippen LogP contribution < -0.4 is 9.38 Å². The van der Waals surface area contributed by atoms with E-state index in [2.05, 4.69) is 66.8 Å². The molecule has 3 nitrogen and oxygen atoms in total. The summed E-state index contributed by atoms with van der Waals surface area (Å²) in [7, 11) is 3.20. The highest BCUT2D eigenvalue weighted by Gasteiger charge is 2.36. The second-order valence-electron chi connectivity index (χ2n) is 6.41. The lowest BCUT2D eigenvalue weighted by Crippen LogP contribution is -2.41. The van der Waals surface area contributed by atoms with Crippen molar-refractivity contribution in [3.8, 4) is 11.4 Å². The van der Waals surface area contributed by atoms with Gasteiger partial charge in [-0.25, -0.2) is 4.57 Å². The van der Waals surface area contributed by atoms with Crippen molar-refractivity contribution < 1.29 is 4.57 Å². The van der Waals surface area contributed by atoms with Gasteiger partial charge in [0.15, 0.2) is 0 Å². The van der Waals surface area contributed by atoms with Crippen LogP contribution in [0, 0.1) is 13.8 Å². The maximum atomic E-state index is 2.50. The topological polar surface area (TPSA) is 12.0 Å². The predicted molar refractivity (Wildman–Crippen MR) is 94.7 cm³/mol. The van der Waals surface area contributed by atoms with Gasteiger partial charge in [0.05, 0.1) is 12.6 Å². The molecule has 0 spiro atoms. The summed E-state index contributed by atoms with van der Waals surface area (Å²) in [6, 6.07) is 6.68. The van der Waals surface area contributed by atoms with Crippen molar-refractivity contribution in [2.45, 2.75) is 47.0 Å². The standard InChI is InChI=1S/C18H27BN3/c1-6-8-11-15-14(4)22-18(20(15)5)17-13(3)10-9-12-16(17)21(7-2)19-22/h9-10,12,19H,6-8,11H2,1-5H3/q+1. The third-order valence-corrected chi connectivity index (χ3v) is 5.08. The van der Waals surface area contributed by atoms with Gasteiger partial charge in [-0.3, -0.25) is 4.48 Å². The number of anilines is 1. The number of unbranched alkanes of at least 4 members (excludes halogenated alkanes) is 1.